The van der Waals surface area contributed by atoms with Crippen LogP contribution in [0, 0.1) is 11.7 Å². The molecular weight excluding hydrogens is 163 g/mol. The summed E-state index contributed by atoms with van der Waals surface area (Å²) in [6, 6.07) is 7.31. The highest BCUT2D eigenvalue weighted by molar-refractivity contribution is 5.36. The Morgan fingerprint density at radius 1 is 1.31 bits per heavy atom. The molecule has 68 valence electrons. The van der Waals surface area contributed by atoms with Gasteiger partial charge in [0.15, 0.2) is 0 Å². The average molecular weight is 176 g/mol. The summed E-state index contributed by atoms with van der Waals surface area (Å²) in [5, 5.41) is 0. The lowest BCUT2D eigenvalue weighted by molar-refractivity contribution is 0.559. The first-order chi connectivity index (χ1) is 6.33. The Morgan fingerprint density at radius 2 is 2.15 bits per heavy atom. The van der Waals surface area contributed by atoms with Crippen molar-refractivity contribution in [2.45, 2.75) is 31.1 Å². The van der Waals surface area contributed by atoms with E-state index >= 15 is 0 Å². The van der Waals surface area contributed by atoms with Gasteiger partial charge in [0.2, 0.25) is 0 Å². The van der Waals surface area contributed by atoms with Crippen LogP contribution in [0.3, 0.4) is 0 Å². The molecule has 2 atom stereocenters. The van der Waals surface area contributed by atoms with Gasteiger partial charge < -0.3 is 0 Å². The van der Waals surface area contributed by atoms with Crippen LogP contribution < -0.4 is 0 Å². The van der Waals surface area contributed by atoms with Crippen molar-refractivity contribution in [3.8, 4) is 0 Å². The van der Waals surface area contributed by atoms with Crippen molar-refractivity contribution in [2.24, 2.45) is 5.92 Å². The van der Waals surface area contributed by atoms with Gasteiger partial charge in [0.25, 0.3) is 0 Å². The predicted octanol–water partition coefficient (Wildman–Crippen LogP) is 3.27. The average Bonchev–Trinajstić information content (AvgIpc) is 2.70. The van der Waals surface area contributed by atoms with E-state index < -0.39 is 0 Å². The van der Waals surface area contributed by atoms with Gasteiger partial charge >= 0.3 is 0 Å². The molecule has 2 fully saturated rings. The van der Waals surface area contributed by atoms with Gasteiger partial charge in [0.1, 0.15) is 5.82 Å². The SMILES string of the molecule is Fc1ccccc1C12CCC[C@@H]1C2. The Kier molecular flexibility index (Phi) is 1.36. The van der Waals surface area contributed by atoms with Gasteiger partial charge in [-0.3, -0.25) is 0 Å². The minimum absolute atomic E-state index is 0.00639. The number of hydrogen-bond donors (Lipinski definition) is 0. The van der Waals surface area contributed by atoms with Gasteiger partial charge in [-0.05, 0) is 36.8 Å². The summed E-state index contributed by atoms with van der Waals surface area (Å²) in [5.74, 6) is 0.802. The number of hydrogen-bond acceptors (Lipinski definition) is 0. The molecule has 1 heteroatoms. The third-order valence-electron chi connectivity index (χ3n) is 3.82. The van der Waals surface area contributed by atoms with Crippen LogP contribution in [-0.2, 0) is 5.41 Å². The van der Waals surface area contributed by atoms with E-state index in [0.717, 1.165) is 11.5 Å². The Morgan fingerprint density at radius 3 is 2.77 bits per heavy atom. The van der Waals surface area contributed by atoms with Crippen LogP contribution in [0.15, 0.2) is 24.3 Å². The standard InChI is InChI=1S/C12H13F/c13-11-6-2-1-5-10(11)12-7-3-4-9(12)8-12/h1-2,5-6,9H,3-4,7-8H2/t9-,12?/m1/s1. The quantitative estimate of drug-likeness (QED) is 0.616. The van der Waals surface area contributed by atoms with Gasteiger partial charge in [-0.15, -0.1) is 0 Å². The van der Waals surface area contributed by atoms with Crippen molar-refractivity contribution in [1.29, 1.82) is 0 Å². The first-order valence-electron chi connectivity index (χ1n) is 5.08. The van der Waals surface area contributed by atoms with Gasteiger partial charge in [0, 0.05) is 5.41 Å². The molecule has 0 heterocycles. The number of rotatable bonds is 1. The third-order valence-corrected chi connectivity index (χ3v) is 3.82. The van der Waals surface area contributed by atoms with Crippen LogP contribution in [-0.4, -0.2) is 0 Å². The Hall–Kier alpha value is -0.850. The van der Waals surface area contributed by atoms with Crippen LogP contribution in [0.1, 0.15) is 31.2 Å². The zero-order chi connectivity index (χ0) is 8.89. The molecule has 0 saturated heterocycles. The zero-order valence-electron chi connectivity index (χ0n) is 7.59. The molecule has 0 N–H and O–H groups in total. The number of benzene rings is 1. The summed E-state index contributed by atoms with van der Waals surface area (Å²) >= 11 is 0. The summed E-state index contributed by atoms with van der Waals surface area (Å²) in [7, 11) is 0. The lowest BCUT2D eigenvalue weighted by atomic mass is 9.93. The molecule has 13 heavy (non-hydrogen) atoms. The van der Waals surface area contributed by atoms with Crippen molar-refractivity contribution in [3.63, 3.8) is 0 Å². The maximum Gasteiger partial charge on any atom is 0.126 e. The molecule has 0 amide bonds. The fourth-order valence-electron chi connectivity index (χ4n) is 3.06. The molecule has 0 spiro atoms. The van der Waals surface area contributed by atoms with E-state index in [4.69, 9.17) is 0 Å². The third kappa shape index (κ3) is 0.903. The molecule has 2 aliphatic rings. The van der Waals surface area contributed by atoms with Crippen molar-refractivity contribution in [2.75, 3.05) is 0 Å². The van der Waals surface area contributed by atoms with Crippen LogP contribution >= 0.6 is 0 Å². The number of fused-ring (bicyclic) bond motifs is 1. The first-order valence-corrected chi connectivity index (χ1v) is 5.08. The Bertz CT molecular complexity index is 345. The maximum absolute atomic E-state index is 13.5. The smallest absolute Gasteiger partial charge is 0.126 e. The Labute approximate surface area is 77.8 Å². The fraction of sp³-hybridized carbons (Fsp3) is 0.500. The normalized spacial score (nSPS) is 35.9. The van der Waals surface area contributed by atoms with E-state index in [-0.39, 0.29) is 11.2 Å². The summed E-state index contributed by atoms with van der Waals surface area (Å²) in [5.41, 5.74) is 1.25. The van der Waals surface area contributed by atoms with Crippen LogP contribution in [0.5, 0.6) is 0 Å². The van der Waals surface area contributed by atoms with E-state index in [2.05, 4.69) is 0 Å². The summed E-state index contributed by atoms with van der Waals surface area (Å²) in [6.07, 6.45) is 5.04. The first kappa shape index (κ1) is 7.54. The highest BCUT2D eigenvalue weighted by atomic mass is 19.1. The van der Waals surface area contributed by atoms with Crippen molar-refractivity contribution in [3.05, 3.63) is 35.6 Å². The van der Waals surface area contributed by atoms with E-state index in [9.17, 15) is 4.39 Å². The topological polar surface area (TPSA) is 0 Å². The van der Waals surface area contributed by atoms with Crippen LogP contribution in [0.2, 0.25) is 0 Å². The molecule has 0 aliphatic heterocycles. The van der Waals surface area contributed by atoms with Gasteiger partial charge in [-0.1, -0.05) is 24.6 Å². The predicted molar refractivity (Wildman–Crippen MR) is 50.0 cm³/mol. The van der Waals surface area contributed by atoms with Crippen molar-refractivity contribution < 1.29 is 4.39 Å². The molecule has 2 saturated carbocycles. The minimum atomic E-state index is 0.00639. The van der Waals surface area contributed by atoms with Crippen LogP contribution in [0.25, 0.3) is 0 Å². The molecular formula is C12H13F. The number of halogens is 1. The van der Waals surface area contributed by atoms with E-state index in [1.54, 1.807) is 12.1 Å². The van der Waals surface area contributed by atoms with Crippen molar-refractivity contribution in [1.82, 2.24) is 0 Å². The molecule has 1 unspecified atom stereocenters. The molecule has 0 radical (unpaired) electrons. The Balaban J connectivity index is 2.06. The van der Waals surface area contributed by atoms with Crippen molar-refractivity contribution >= 4 is 0 Å². The van der Waals surface area contributed by atoms with Crippen LogP contribution in [0.4, 0.5) is 4.39 Å². The fourth-order valence-corrected chi connectivity index (χ4v) is 3.06. The second-order valence-corrected chi connectivity index (χ2v) is 4.43. The summed E-state index contributed by atoms with van der Waals surface area (Å²) < 4.78 is 13.5. The maximum atomic E-state index is 13.5. The lowest BCUT2D eigenvalue weighted by Crippen LogP contribution is -2.07. The minimum Gasteiger partial charge on any atom is -0.207 e. The van der Waals surface area contributed by atoms with E-state index in [1.807, 2.05) is 12.1 Å². The molecule has 1 aromatic rings. The van der Waals surface area contributed by atoms with Gasteiger partial charge in [-0.2, -0.15) is 0 Å². The van der Waals surface area contributed by atoms with E-state index in [0.29, 0.717) is 0 Å². The lowest BCUT2D eigenvalue weighted by Gasteiger charge is -2.12. The molecule has 0 aromatic heterocycles. The molecule has 0 bridgehead atoms. The molecule has 0 nitrogen and oxygen atoms in total. The molecule has 3 rings (SSSR count). The molecule has 2 aliphatic carbocycles. The second kappa shape index (κ2) is 2.34. The molecule has 1 aromatic carbocycles. The summed E-state index contributed by atoms with van der Waals surface area (Å²) in [6.45, 7) is 0. The monoisotopic (exact) mass is 176 g/mol. The van der Waals surface area contributed by atoms with E-state index in [1.165, 1.54) is 25.7 Å². The zero-order valence-corrected chi connectivity index (χ0v) is 7.59. The largest absolute Gasteiger partial charge is 0.207 e. The highest BCUT2D eigenvalue weighted by Gasteiger charge is 2.58. The summed E-state index contributed by atoms with van der Waals surface area (Å²) in [4.78, 5) is 0. The highest BCUT2D eigenvalue weighted by Crippen LogP contribution is 2.64. The van der Waals surface area contributed by atoms with Gasteiger partial charge in [-0.25, -0.2) is 4.39 Å². The second-order valence-electron chi connectivity index (χ2n) is 4.43. The van der Waals surface area contributed by atoms with Gasteiger partial charge in [0.05, 0.1) is 0 Å².